The number of carbonyl (C=O) groups excluding carboxylic acids is 8. The van der Waals surface area contributed by atoms with E-state index in [4.69, 9.17) is 24.3 Å². The van der Waals surface area contributed by atoms with Crippen molar-refractivity contribution in [3.05, 3.63) is 102 Å². The number of hydrogen-bond acceptors (Lipinski definition) is 26. The fourth-order valence-corrected chi connectivity index (χ4v) is 12.4. The van der Waals surface area contributed by atoms with Crippen molar-refractivity contribution >= 4 is 59.6 Å². The first-order valence-corrected chi connectivity index (χ1v) is 32.4. The summed E-state index contributed by atoms with van der Waals surface area (Å²) < 4.78 is 21.2. The number of amides is 8. The lowest BCUT2D eigenvalue weighted by Gasteiger charge is -2.34. The third-order valence-corrected chi connectivity index (χ3v) is 17.8. The highest BCUT2D eigenvalue weighted by Crippen LogP contribution is 2.35. The summed E-state index contributed by atoms with van der Waals surface area (Å²) in [5.41, 5.74) is 7.89. The maximum absolute atomic E-state index is 14.7. The number of rotatable bonds is 21. The van der Waals surface area contributed by atoms with Gasteiger partial charge in [0.25, 0.3) is 18.2 Å². The van der Waals surface area contributed by atoms with Crippen molar-refractivity contribution in [2.75, 3.05) is 45.9 Å². The quantitative estimate of drug-likeness (QED) is 0.0176. The van der Waals surface area contributed by atoms with E-state index in [1.807, 2.05) is 48.5 Å². The van der Waals surface area contributed by atoms with E-state index in [0.717, 1.165) is 77.9 Å². The minimum atomic E-state index is -2.54. The van der Waals surface area contributed by atoms with Crippen LogP contribution >= 0.6 is 12.3 Å². The molecule has 1 aromatic heterocycles. The molecule has 528 valence electrons. The maximum atomic E-state index is 14.7. The molecule has 33 nitrogen and oxygen atoms in total. The van der Waals surface area contributed by atoms with Crippen molar-refractivity contribution in [3.63, 3.8) is 0 Å². The lowest BCUT2D eigenvalue weighted by molar-refractivity contribution is -0.433. The van der Waals surface area contributed by atoms with Gasteiger partial charge in [0.1, 0.15) is 54.2 Å². The number of aliphatic hydroxyl groups is 7. The van der Waals surface area contributed by atoms with E-state index < -0.39 is 183 Å². The molecule has 4 fully saturated rings. The number of aromatic hydroxyl groups is 1. The number of phenols is 1. The highest BCUT2D eigenvalue weighted by atomic mass is 32.2. The molecule has 5 aromatic rings. The molecule has 4 saturated heterocycles. The fraction of sp³-hybridized carbons (Fsp3) is 0.469. The summed E-state index contributed by atoms with van der Waals surface area (Å²) in [6.45, 7) is 4.58. The minimum Gasteiger partial charge on any atom is -0.504 e. The zero-order chi connectivity index (χ0) is 70.5. The zero-order valence-electron chi connectivity index (χ0n) is 53.2. The maximum Gasteiger partial charge on any atom is 0.261 e. The Bertz CT molecular complexity index is 3600. The number of piperidine rings is 1. The normalized spacial score (nSPS) is 25.3. The van der Waals surface area contributed by atoms with Crippen molar-refractivity contribution in [2.24, 2.45) is 11.7 Å². The number of phenolic OH excluding ortho intramolecular Hbond substituents is 1. The number of nitrogens with one attached hydrogen (secondary N) is 5. The molecular weight excluding hydrogens is 1310 g/mol. The summed E-state index contributed by atoms with van der Waals surface area (Å²) in [5.74, 6) is -11.0. The summed E-state index contributed by atoms with van der Waals surface area (Å²) in [6.07, 6.45) is -11.5. The Morgan fingerprint density at radius 1 is 0.735 bits per heavy atom. The van der Waals surface area contributed by atoms with Crippen LogP contribution in [-0.2, 0) is 42.9 Å². The molecule has 16 N–H and O–H groups in total. The second-order valence-corrected chi connectivity index (χ2v) is 25.0. The molecule has 4 aromatic carbocycles. The third-order valence-electron chi connectivity index (χ3n) is 17.4. The molecule has 8 amide bonds. The Hall–Kier alpha value is -8.91. The molecule has 0 bridgehead atoms. The van der Waals surface area contributed by atoms with Gasteiger partial charge in [0, 0.05) is 61.6 Å². The molecule has 34 heteroatoms. The van der Waals surface area contributed by atoms with Crippen LogP contribution in [0, 0.1) is 5.92 Å². The summed E-state index contributed by atoms with van der Waals surface area (Å²) in [5, 5.41) is 123. The minimum absolute atomic E-state index is 0.0259. The lowest BCUT2D eigenvalue weighted by Crippen LogP contribution is -2.64. The lowest BCUT2D eigenvalue weighted by atomic mass is 9.96. The van der Waals surface area contributed by atoms with E-state index in [0.29, 0.717) is 17.7 Å². The largest absolute Gasteiger partial charge is 0.504 e. The molecule has 0 spiro atoms. The molecule has 13 unspecified atom stereocenters. The van der Waals surface area contributed by atoms with Crippen LogP contribution in [0.5, 0.6) is 17.2 Å². The molecule has 98 heavy (non-hydrogen) atoms. The Kier molecular flexibility index (Phi) is 25.1. The average molecular weight is 1390 g/mol. The standard InChI is InChI=1S/C64H79N11O22S/c1-32-30-75-52(53(32)82)60(89)66-29-40(77)26-43(67-56(85)36-9-13-38(14-10-36)62-72-71-61(94-62)37-11-7-34(8-12-37)35-15-18-42(19-16-35)93-24-6-23-73-21-4-3-5-22-73)57(86)68-49(33(2)76)63(90)74-31-41(78)27-44(74)58(87)70-51(59(88)69-50(64(75)91)46(80)28-48(65)81)55(84)54(83)39-17-20-45(79)47(25-39)95-98-97-96-92/h7-20,25,32-33,40-41,43-44,46,49-55,76-80,82-84,92H,3-6,21-24,26-31H2,1-2H3,(H2,65,81)(H,66,89)(H,67,85)(H,68,86)(H,69,88)(H,70,87)/t32?,33?,40?,41?,43-,44?,46?,49?,50?,51?,52?,53?,54?,55?/m0/s1. The summed E-state index contributed by atoms with van der Waals surface area (Å²) >= 11 is -0.0259. The Balaban J connectivity index is 0.948. The van der Waals surface area contributed by atoms with Crippen molar-refractivity contribution in [1.29, 1.82) is 0 Å². The van der Waals surface area contributed by atoms with Crippen LogP contribution in [0.15, 0.2) is 95.4 Å². The van der Waals surface area contributed by atoms with Crippen LogP contribution in [0.2, 0.25) is 0 Å². The number of benzene rings is 4. The van der Waals surface area contributed by atoms with Gasteiger partial charge in [0.05, 0.1) is 43.5 Å². The Morgan fingerprint density at radius 2 is 1.35 bits per heavy atom. The molecule has 5 heterocycles. The molecule has 0 aliphatic carbocycles. The van der Waals surface area contributed by atoms with E-state index in [1.54, 1.807) is 0 Å². The average Bonchev–Trinajstić information content (AvgIpc) is 1.61. The number of primary amides is 1. The van der Waals surface area contributed by atoms with Crippen molar-refractivity contribution in [1.82, 2.24) is 51.5 Å². The van der Waals surface area contributed by atoms with E-state index in [-0.39, 0.29) is 35.2 Å². The number of likely N-dealkylation sites (tertiary alicyclic amines) is 1. The number of fused-ring (bicyclic) bond motifs is 2. The number of aromatic nitrogens is 2. The van der Waals surface area contributed by atoms with Gasteiger partial charge in [-0.25, -0.2) is 5.26 Å². The molecule has 14 atom stereocenters. The molecule has 9 rings (SSSR count). The monoisotopic (exact) mass is 1390 g/mol. The van der Waals surface area contributed by atoms with Crippen molar-refractivity contribution in [2.45, 2.75) is 138 Å². The number of hydrogen-bond donors (Lipinski definition) is 15. The SMILES string of the molecule is CC(O)C1NC(=O)[C@@H](NC(=O)c2ccc(-c3nnc(-c4ccc(-c5ccc(OCCCN6CCCCC6)cc5)cc4)o3)cc2)CC(O)CNC(=O)C2C(O)C(C)CN2C(=O)C(C(O)CC(N)=O)NC(=O)C(C(O)C(O)c2ccc(O)c(OSOOO)c2)NC(=O)C2CC(O)CN2C1=O. The predicted molar refractivity (Wildman–Crippen MR) is 342 cm³/mol. The molecule has 4 aliphatic rings. The van der Waals surface area contributed by atoms with Crippen molar-refractivity contribution in [3.8, 4) is 51.3 Å². The summed E-state index contributed by atoms with van der Waals surface area (Å²) in [7, 11) is 0. The predicted octanol–water partition coefficient (Wildman–Crippen LogP) is -1.29. The Morgan fingerprint density at radius 3 is 1.99 bits per heavy atom. The van der Waals surface area contributed by atoms with Crippen LogP contribution in [0.25, 0.3) is 34.0 Å². The van der Waals surface area contributed by atoms with E-state index in [1.165, 1.54) is 50.5 Å². The number of β-amino-alcohol motifs (C(OH)–C–C–N with tert-alkyl or cyclic N) is 1. The van der Waals surface area contributed by atoms with Gasteiger partial charge in [-0.2, -0.15) is 0 Å². The molecular formula is C64H79N11O22S. The number of aliphatic hydroxyl groups excluding tert-OH is 7. The van der Waals surface area contributed by atoms with Crippen LogP contribution in [0.4, 0.5) is 0 Å². The first-order valence-electron chi connectivity index (χ1n) is 31.7. The number of carbonyl (C=O) groups is 8. The highest BCUT2D eigenvalue weighted by Gasteiger charge is 2.50. The van der Waals surface area contributed by atoms with Gasteiger partial charge in [-0.3, -0.25) is 38.4 Å². The van der Waals surface area contributed by atoms with Gasteiger partial charge >= 0.3 is 0 Å². The third kappa shape index (κ3) is 18.2. The fourth-order valence-electron chi connectivity index (χ4n) is 12.1. The van der Waals surface area contributed by atoms with E-state index >= 15 is 0 Å². The molecule has 4 aliphatic heterocycles. The zero-order valence-corrected chi connectivity index (χ0v) is 54.0. The van der Waals surface area contributed by atoms with E-state index in [9.17, 15) is 79.2 Å². The topological polar surface area (TPSA) is 490 Å². The second kappa shape index (κ2) is 33.6. The van der Waals surface area contributed by atoms with Gasteiger partial charge in [0.2, 0.25) is 53.1 Å². The van der Waals surface area contributed by atoms with Crippen molar-refractivity contribution < 1.29 is 107 Å². The van der Waals surface area contributed by atoms with Gasteiger partial charge < -0.3 is 101 Å². The van der Waals surface area contributed by atoms with Gasteiger partial charge in [-0.05, 0) is 117 Å². The first-order chi connectivity index (χ1) is 46.9. The first kappa shape index (κ1) is 73.3. The molecule has 0 saturated carbocycles. The van der Waals surface area contributed by atoms with Crippen LogP contribution < -0.4 is 41.2 Å². The smallest absolute Gasteiger partial charge is 0.261 e. The van der Waals surface area contributed by atoms with Gasteiger partial charge in [-0.15, -0.1) is 10.2 Å². The number of ether oxygens (including phenoxy) is 1. The van der Waals surface area contributed by atoms with E-state index in [2.05, 4.69) is 51.1 Å². The highest BCUT2D eigenvalue weighted by molar-refractivity contribution is 7.90. The second-order valence-electron chi connectivity index (χ2n) is 24.5. The van der Waals surface area contributed by atoms with Crippen LogP contribution in [0.1, 0.15) is 80.8 Å². The summed E-state index contributed by atoms with van der Waals surface area (Å²) in [4.78, 5) is 118. The van der Waals surface area contributed by atoms with Gasteiger partial charge in [-0.1, -0.05) is 53.0 Å². The number of nitrogens with two attached hydrogens (primary N) is 1. The summed E-state index contributed by atoms with van der Waals surface area (Å²) in [6, 6.07) is 11.6. The molecule has 0 radical (unpaired) electrons. The number of nitrogens with zero attached hydrogens (tertiary/aromatic N) is 5. The van der Waals surface area contributed by atoms with Crippen LogP contribution in [-0.4, -0.2) is 237 Å². The van der Waals surface area contributed by atoms with Crippen LogP contribution in [0.3, 0.4) is 0 Å². The Labute approximate surface area is 564 Å². The van der Waals surface area contributed by atoms with Gasteiger partial charge in [0.15, 0.2) is 11.5 Å².